The molecule has 0 spiro atoms. The maximum atomic E-state index is 10.5. The molecule has 3 heteroatoms. The molecule has 3 nitrogen and oxygen atoms in total. The lowest BCUT2D eigenvalue weighted by Crippen LogP contribution is -2.16. The van der Waals surface area contributed by atoms with E-state index in [2.05, 4.69) is 6.07 Å². The van der Waals surface area contributed by atoms with Crippen LogP contribution in [0.15, 0.2) is 18.2 Å². The molecule has 0 saturated heterocycles. The number of fused-ring (bicyclic) bond motifs is 1. The number of benzene rings is 1. The van der Waals surface area contributed by atoms with Crippen LogP contribution in [-0.4, -0.2) is 17.2 Å². The number of aryl methyl sites for hydroxylation is 2. The number of hydrogen-bond acceptors (Lipinski definition) is 2. The smallest absolute Gasteiger partial charge is 0.307 e. The van der Waals surface area contributed by atoms with Crippen molar-refractivity contribution in [3.63, 3.8) is 0 Å². The van der Waals surface area contributed by atoms with Crippen molar-refractivity contribution in [2.24, 2.45) is 0 Å². The summed E-state index contributed by atoms with van der Waals surface area (Å²) in [6.07, 6.45) is 3.23. The number of carboxylic acid groups (broad SMARTS) is 1. The van der Waals surface area contributed by atoms with Crippen LogP contribution in [0.1, 0.15) is 30.9 Å². The topological polar surface area (TPSA) is 46.5 Å². The summed E-state index contributed by atoms with van der Waals surface area (Å²) in [6, 6.07) is 6.06. The number of carboxylic acids is 1. The van der Waals surface area contributed by atoms with Gasteiger partial charge in [-0.3, -0.25) is 4.79 Å². The fourth-order valence-electron chi connectivity index (χ4n) is 2.14. The van der Waals surface area contributed by atoms with E-state index in [1.54, 1.807) is 6.92 Å². The lowest BCUT2D eigenvalue weighted by molar-refractivity contribution is -0.138. The molecule has 1 N–H and O–H groups in total. The summed E-state index contributed by atoms with van der Waals surface area (Å²) < 4.78 is 5.57. The standard InChI is InChI=1S/C13H16O3/c1-9(7-13(14)15)16-12-6-5-10-3-2-4-11(10)8-12/h5-6,8-9H,2-4,7H2,1H3,(H,14,15). The van der Waals surface area contributed by atoms with Crippen molar-refractivity contribution in [2.45, 2.75) is 38.7 Å². The Morgan fingerprint density at radius 1 is 1.44 bits per heavy atom. The molecule has 1 atom stereocenters. The summed E-state index contributed by atoms with van der Waals surface area (Å²) in [4.78, 5) is 10.5. The summed E-state index contributed by atoms with van der Waals surface area (Å²) in [5.41, 5.74) is 2.75. The van der Waals surface area contributed by atoms with Crippen LogP contribution in [0, 0.1) is 0 Å². The van der Waals surface area contributed by atoms with Gasteiger partial charge in [-0.15, -0.1) is 0 Å². The molecule has 0 heterocycles. The molecule has 0 radical (unpaired) electrons. The van der Waals surface area contributed by atoms with Crippen LogP contribution < -0.4 is 4.74 Å². The predicted octanol–water partition coefficient (Wildman–Crippen LogP) is 2.42. The summed E-state index contributed by atoms with van der Waals surface area (Å²) in [5.74, 6) is -0.0388. The van der Waals surface area contributed by atoms with Gasteiger partial charge in [-0.05, 0) is 49.4 Å². The van der Waals surface area contributed by atoms with Crippen molar-refractivity contribution < 1.29 is 14.6 Å². The lowest BCUT2D eigenvalue weighted by atomic mass is 10.1. The van der Waals surface area contributed by atoms with Gasteiger partial charge in [0.05, 0.1) is 6.42 Å². The first kappa shape index (κ1) is 11.0. The van der Waals surface area contributed by atoms with Crippen molar-refractivity contribution in [3.8, 4) is 5.75 Å². The minimum atomic E-state index is -0.825. The summed E-state index contributed by atoms with van der Waals surface area (Å²) >= 11 is 0. The van der Waals surface area contributed by atoms with Crippen LogP contribution >= 0.6 is 0 Å². The van der Waals surface area contributed by atoms with Gasteiger partial charge in [0.25, 0.3) is 0 Å². The Balaban J connectivity index is 2.02. The monoisotopic (exact) mass is 220 g/mol. The molecule has 1 aliphatic rings. The van der Waals surface area contributed by atoms with Gasteiger partial charge in [-0.25, -0.2) is 0 Å². The van der Waals surface area contributed by atoms with E-state index < -0.39 is 5.97 Å². The molecule has 1 aliphatic carbocycles. The molecule has 2 rings (SSSR count). The fourth-order valence-corrected chi connectivity index (χ4v) is 2.14. The highest BCUT2D eigenvalue weighted by atomic mass is 16.5. The molecule has 86 valence electrons. The molecule has 0 aromatic heterocycles. The molecule has 1 unspecified atom stereocenters. The zero-order chi connectivity index (χ0) is 11.5. The third kappa shape index (κ3) is 2.54. The van der Waals surface area contributed by atoms with Gasteiger partial charge < -0.3 is 9.84 Å². The summed E-state index contributed by atoms with van der Waals surface area (Å²) in [5, 5.41) is 8.64. The van der Waals surface area contributed by atoms with Gasteiger partial charge in [0.2, 0.25) is 0 Å². The predicted molar refractivity (Wildman–Crippen MR) is 60.8 cm³/mol. The average Bonchev–Trinajstić information content (AvgIpc) is 2.63. The second-order valence-corrected chi connectivity index (χ2v) is 4.31. The van der Waals surface area contributed by atoms with E-state index in [-0.39, 0.29) is 12.5 Å². The van der Waals surface area contributed by atoms with Gasteiger partial charge >= 0.3 is 5.97 Å². The molecule has 0 amide bonds. The van der Waals surface area contributed by atoms with Gasteiger partial charge in [-0.1, -0.05) is 6.07 Å². The van der Waals surface area contributed by atoms with Gasteiger partial charge in [-0.2, -0.15) is 0 Å². The number of carbonyl (C=O) groups is 1. The fraction of sp³-hybridized carbons (Fsp3) is 0.462. The van der Waals surface area contributed by atoms with E-state index in [0.29, 0.717) is 0 Å². The molecule has 0 aliphatic heterocycles. The molecule has 0 bridgehead atoms. The Bertz CT molecular complexity index is 398. The van der Waals surface area contributed by atoms with Crippen molar-refractivity contribution in [1.82, 2.24) is 0 Å². The van der Waals surface area contributed by atoms with E-state index in [1.807, 2.05) is 12.1 Å². The lowest BCUT2D eigenvalue weighted by Gasteiger charge is -2.13. The highest BCUT2D eigenvalue weighted by Gasteiger charge is 2.13. The zero-order valence-corrected chi connectivity index (χ0v) is 9.40. The third-order valence-electron chi connectivity index (χ3n) is 2.87. The van der Waals surface area contributed by atoms with Crippen LogP contribution in [0.4, 0.5) is 0 Å². The second-order valence-electron chi connectivity index (χ2n) is 4.31. The molecular formula is C13H16O3. The quantitative estimate of drug-likeness (QED) is 0.847. The minimum absolute atomic E-state index is 0.0388. The second kappa shape index (κ2) is 4.56. The Morgan fingerprint density at radius 2 is 2.19 bits per heavy atom. The van der Waals surface area contributed by atoms with Crippen LogP contribution in [0.2, 0.25) is 0 Å². The maximum Gasteiger partial charge on any atom is 0.307 e. The summed E-state index contributed by atoms with van der Waals surface area (Å²) in [7, 11) is 0. The van der Waals surface area contributed by atoms with Crippen LogP contribution in [0.5, 0.6) is 5.75 Å². The highest BCUT2D eigenvalue weighted by molar-refractivity contribution is 5.67. The van der Waals surface area contributed by atoms with Crippen molar-refractivity contribution in [1.29, 1.82) is 0 Å². The molecular weight excluding hydrogens is 204 g/mol. The Labute approximate surface area is 95.0 Å². The first-order valence-electron chi connectivity index (χ1n) is 5.65. The Kier molecular flexibility index (Phi) is 3.13. The van der Waals surface area contributed by atoms with Crippen LogP contribution in [0.25, 0.3) is 0 Å². The number of rotatable bonds is 4. The summed E-state index contributed by atoms with van der Waals surface area (Å²) in [6.45, 7) is 1.78. The van der Waals surface area contributed by atoms with E-state index in [0.717, 1.165) is 18.6 Å². The average molecular weight is 220 g/mol. The van der Waals surface area contributed by atoms with Gasteiger partial charge in [0.15, 0.2) is 0 Å². The zero-order valence-electron chi connectivity index (χ0n) is 9.40. The first-order valence-corrected chi connectivity index (χ1v) is 5.65. The number of ether oxygens (including phenoxy) is 1. The van der Waals surface area contributed by atoms with E-state index in [9.17, 15) is 4.79 Å². The molecule has 1 aromatic carbocycles. The Hall–Kier alpha value is -1.51. The van der Waals surface area contributed by atoms with E-state index >= 15 is 0 Å². The van der Waals surface area contributed by atoms with Gasteiger partial charge in [0, 0.05) is 0 Å². The van der Waals surface area contributed by atoms with Crippen molar-refractivity contribution in [2.75, 3.05) is 0 Å². The molecule has 16 heavy (non-hydrogen) atoms. The highest BCUT2D eigenvalue weighted by Crippen LogP contribution is 2.26. The Morgan fingerprint density at radius 3 is 2.94 bits per heavy atom. The number of hydrogen-bond donors (Lipinski definition) is 1. The first-order chi connectivity index (χ1) is 7.65. The largest absolute Gasteiger partial charge is 0.490 e. The number of aliphatic carboxylic acids is 1. The normalized spacial score (nSPS) is 15.6. The van der Waals surface area contributed by atoms with Crippen LogP contribution in [-0.2, 0) is 17.6 Å². The third-order valence-corrected chi connectivity index (χ3v) is 2.87. The van der Waals surface area contributed by atoms with Crippen LogP contribution in [0.3, 0.4) is 0 Å². The van der Waals surface area contributed by atoms with Crippen molar-refractivity contribution in [3.05, 3.63) is 29.3 Å². The maximum absolute atomic E-state index is 10.5. The minimum Gasteiger partial charge on any atom is -0.490 e. The molecule has 0 saturated carbocycles. The molecule has 0 fully saturated rings. The molecule has 1 aromatic rings. The van der Waals surface area contributed by atoms with Crippen molar-refractivity contribution >= 4 is 5.97 Å². The van der Waals surface area contributed by atoms with E-state index in [1.165, 1.54) is 17.5 Å². The van der Waals surface area contributed by atoms with E-state index in [4.69, 9.17) is 9.84 Å². The SMILES string of the molecule is CC(CC(=O)O)Oc1ccc2c(c1)CCC2. The van der Waals surface area contributed by atoms with Gasteiger partial charge in [0.1, 0.15) is 11.9 Å².